The predicted molar refractivity (Wildman–Crippen MR) is 146 cm³/mol. The van der Waals surface area contributed by atoms with Gasteiger partial charge in [0.25, 0.3) is 0 Å². The van der Waals surface area contributed by atoms with Gasteiger partial charge in [0.15, 0.2) is 5.65 Å². The summed E-state index contributed by atoms with van der Waals surface area (Å²) >= 11 is 0. The number of aromatic nitrogens is 3. The van der Waals surface area contributed by atoms with E-state index in [2.05, 4.69) is 54.2 Å². The summed E-state index contributed by atoms with van der Waals surface area (Å²) < 4.78 is 13.4. The molecule has 0 spiro atoms. The van der Waals surface area contributed by atoms with E-state index in [4.69, 9.17) is 14.5 Å². The zero-order valence-corrected chi connectivity index (χ0v) is 21.6. The van der Waals surface area contributed by atoms with Gasteiger partial charge < -0.3 is 19.7 Å². The van der Waals surface area contributed by atoms with Gasteiger partial charge in [0.1, 0.15) is 18.1 Å². The fourth-order valence-electron chi connectivity index (χ4n) is 5.63. The standard InChI is InChI=1S/C30H31N5O3/c1-4-28(36)34-15-14-22(16-19(34)2)31-24-18-38-25-17-21(10-11-23(24)25)29-30(20-8-6-5-7-9-20)35-26(32-29)12-13-27(33-35)37-3/h4-13,17,19,22,24,31H,1,14-16,18H2,2-3H3/t19-,22?,24+/m1/s1. The Hall–Kier alpha value is -4.17. The fourth-order valence-corrected chi connectivity index (χ4v) is 5.63. The third kappa shape index (κ3) is 4.31. The number of hydrogen-bond donors (Lipinski definition) is 1. The maximum absolute atomic E-state index is 12.1. The van der Waals surface area contributed by atoms with Crippen molar-refractivity contribution in [3.8, 4) is 34.1 Å². The lowest BCUT2D eigenvalue weighted by molar-refractivity contribution is -0.129. The monoisotopic (exact) mass is 509 g/mol. The van der Waals surface area contributed by atoms with Gasteiger partial charge in [-0.25, -0.2) is 9.50 Å². The molecule has 1 unspecified atom stereocenters. The number of imidazole rings is 1. The smallest absolute Gasteiger partial charge is 0.246 e. The molecule has 38 heavy (non-hydrogen) atoms. The number of piperidine rings is 1. The molecule has 2 aromatic carbocycles. The van der Waals surface area contributed by atoms with Crippen LogP contribution in [-0.2, 0) is 4.79 Å². The van der Waals surface area contributed by atoms with E-state index in [1.165, 1.54) is 6.08 Å². The van der Waals surface area contributed by atoms with Crippen LogP contribution in [0.3, 0.4) is 0 Å². The van der Waals surface area contributed by atoms with Crippen LogP contribution in [0.15, 0.2) is 73.3 Å². The van der Waals surface area contributed by atoms with Crippen molar-refractivity contribution >= 4 is 11.6 Å². The molecule has 1 saturated heterocycles. The van der Waals surface area contributed by atoms with E-state index in [1.807, 2.05) is 39.7 Å². The van der Waals surface area contributed by atoms with E-state index >= 15 is 0 Å². The molecule has 2 aliphatic heterocycles. The van der Waals surface area contributed by atoms with Crippen molar-refractivity contribution in [2.24, 2.45) is 0 Å². The minimum Gasteiger partial charge on any atom is -0.491 e. The Bertz CT molecular complexity index is 1500. The van der Waals surface area contributed by atoms with Crippen LogP contribution < -0.4 is 14.8 Å². The van der Waals surface area contributed by atoms with Gasteiger partial charge in [0, 0.05) is 41.4 Å². The minimum absolute atomic E-state index is 0.00786. The van der Waals surface area contributed by atoms with Crippen molar-refractivity contribution in [1.29, 1.82) is 0 Å². The Morgan fingerprint density at radius 1 is 1.16 bits per heavy atom. The number of fused-ring (bicyclic) bond motifs is 2. The number of hydrogen-bond acceptors (Lipinski definition) is 6. The second-order valence-corrected chi connectivity index (χ2v) is 9.91. The van der Waals surface area contributed by atoms with Crippen molar-refractivity contribution in [2.75, 3.05) is 20.3 Å². The van der Waals surface area contributed by atoms with Crippen LogP contribution in [0.2, 0.25) is 0 Å². The summed E-state index contributed by atoms with van der Waals surface area (Å²) in [6.45, 7) is 7.04. The van der Waals surface area contributed by atoms with Crippen molar-refractivity contribution in [2.45, 2.75) is 37.9 Å². The molecule has 1 fully saturated rings. The first-order chi connectivity index (χ1) is 18.6. The second kappa shape index (κ2) is 9.95. The van der Waals surface area contributed by atoms with Gasteiger partial charge >= 0.3 is 0 Å². The SMILES string of the molecule is C=CC(=O)N1CCC(N[C@H]2COc3cc(-c4nc5ccc(OC)nn5c4-c4ccccc4)ccc32)C[C@H]1C. The van der Waals surface area contributed by atoms with Gasteiger partial charge in [-0.15, -0.1) is 5.10 Å². The fraction of sp³-hybridized carbons (Fsp3) is 0.300. The molecule has 0 radical (unpaired) electrons. The largest absolute Gasteiger partial charge is 0.491 e. The highest BCUT2D eigenvalue weighted by Crippen LogP contribution is 2.39. The zero-order chi connectivity index (χ0) is 26.2. The molecule has 2 aromatic heterocycles. The predicted octanol–water partition coefficient (Wildman–Crippen LogP) is 4.66. The highest BCUT2D eigenvalue weighted by molar-refractivity contribution is 5.87. The average Bonchev–Trinajstić information content (AvgIpc) is 3.53. The molecule has 0 saturated carbocycles. The van der Waals surface area contributed by atoms with E-state index in [-0.39, 0.29) is 18.0 Å². The summed E-state index contributed by atoms with van der Waals surface area (Å²) in [6, 6.07) is 20.8. The van der Waals surface area contributed by atoms with Gasteiger partial charge in [-0.1, -0.05) is 49.0 Å². The van der Waals surface area contributed by atoms with Crippen LogP contribution in [0.5, 0.6) is 11.6 Å². The average molecular weight is 510 g/mol. The van der Waals surface area contributed by atoms with Crippen LogP contribution in [0, 0.1) is 0 Å². The first kappa shape index (κ1) is 24.2. The number of amides is 1. The molecule has 8 nitrogen and oxygen atoms in total. The van der Waals surface area contributed by atoms with Crippen LogP contribution in [0.1, 0.15) is 31.4 Å². The molecule has 2 aliphatic rings. The maximum atomic E-state index is 12.1. The molecule has 1 N–H and O–H groups in total. The number of likely N-dealkylation sites (tertiary alicyclic amines) is 1. The quantitative estimate of drug-likeness (QED) is 0.381. The van der Waals surface area contributed by atoms with E-state index in [0.717, 1.165) is 58.9 Å². The third-order valence-electron chi connectivity index (χ3n) is 7.55. The van der Waals surface area contributed by atoms with Crippen molar-refractivity contribution in [1.82, 2.24) is 24.8 Å². The van der Waals surface area contributed by atoms with Gasteiger partial charge in [-0.05, 0) is 38.0 Å². The molecule has 6 rings (SSSR count). The molecular weight excluding hydrogens is 478 g/mol. The summed E-state index contributed by atoms with van der Waals surface area (Å²) in [5, 5.41) is 8.43. The third-order valence-corrected chi connectivity index (χ3v) is 7.55. The number of nitrogens with one attached hydrogen (secondary N) is 1. The Morgan fingerprint density at radius 2 is 2.00 bits per heavy atom. The number of benzene rings is 2. The van der Waals surface area contributed by atoms with Crippen LogP contribution in [0.4, 0.5) is 0 Å². The van der Waals surface area contributed by atoms with E-state index in [9.17, 15) is 4.79 Å². The Balaban J connectivity index is 1.29. The maximum Gasteiger partial charge on any atom is 0.246 e. The highest BCUT2D eigenvalue weighted by atomic mass is 16.5. The van der Waals surface area contributed by atoms with Gasteiger partial charge in [-0.2, -0.15) is 0 Å². The second-order valence-electron chi connectivity index (χ2n) is 9.91. The van der Waals surface area contributed by atoms with Crippen molar-refractivity contribution < 1.29 is 14.3 Å². The molecule has 194 valence electrons. The van der Waals surface area contributed by atoms with E-state index in [0.29, 0.717) is 18.5 Å². The summed E-state index contributed by atoms with van der Waals surface area (Å²) in [7, 11) is 1.61. The summed E-state index contributed by atoms with van der Waals surface area (Å²) in [5.41, 5.74) is 5.63. The molecule has 4 heterocycles. The first-order valence-electron chi connectivity index (χ1n) is 13.0. The Morgan fingerprint density at radius 3 is 2.76 bits per heavy atom. The Labute approximate surface area is 221 Å². The molecule has 4 aromatic rings. The number of carbonyl (C=O) groups is 1. The number of carbonyl (C=O) groups excluding carboxylic acids is 1. The molecule has 3 atom stereocenters. The number of ether oxygens (including phenoxy) is 2. The van der Waals surface area contributed by atoms with E-state index < -0.39 is 0 Å². The Kier molecular flexibility index (Phi) is 6.33. The lowest BCUT2D eigenvalue weighted by atomic mass is 9.96. The van der Waals surface area contributed by atoms with Crippen molar-refractivity contribution in [3.05, 3.63) is 78.9 Å². The number of nitrogens with zero attached hydrogens (tertiary/aromatic N) is 4. The molecule has 0 bridgehead atoms. The normalized spacial score (nSPS) is 20.7. The summed E-state index contributed by atoms with van der Waals surface area (Å²) in [6.07, 6.45) is 3.22. The van der Waals surface area contributed by atoms with E-state index in [1.54, 1.807) is 7.11 Å². The first-order valence-corrected chi connectivity index (χ1v) is 13.0. The van der Waals surface area contributed by atoms with Crippen LogP contribution in [0.25, 0.3) is 28.2 Å². The molecule has 0 aliphatic carbocycles. The zero-order valence-electron chi connectivity index (χ0n) is 21.6. The highest BCUT2D eigenvalue weighted by Gasteiger charge is 2.32. The number of rotatable bonds is 6. The van der Waals surface area contributed by atoms with Crippen molar-refractivity contribution in [3.63, 3.8) is 0 Å². The molecular formula is C30H31N5O3. The van der Waals surface area contributed by atoms with Crippen LogP contribution >= 0.6 is 0 Å². The van der Waals surface area contributed by atoms with Gasteiger partial charge in [0.05, 0.1) is 18.8 Å². The van der Waals surface area contributed by atoms with Gasteiger partial charge in [-0.3, -0.25) is 4.79 Å². The summed E-state index contributed by atoms with van der Waals surface area (Å²) in [4.78, 5) is 18.9. The molecule has 8 heteroatoms. The summed E-state index contributed by atoms with van der Waals surface area (Å²) in [5.74, 6) is 1.40. The lowest BCUT2D eigenvalue weighted by Crippen LogP contribution is -2.50. The minimum atomic E-state index is 0.00786. The number of methoxy groups -OCH3 is 1. The topological polar surface area (TPSA) is 81.0 Å². The lowest BCUT2D eigenvalue weighted by Gasteiger charge is -2.38. The molecule has 1 amide bonds. The van der Waals surface area contributed by atoms with Gasteiger partial charge in [0.2, 0.25) is 11.8 Å². The van der Waals surface area contributed by atoms with Crippen LogP contribution in [-0.4, -0.2) is 57.8 Å².